The van der Waals surface area contributed by atoms with E-state index in [1.54, 1.807) is 42.5 Å². The zero-order chi connectivity index (χ0) is 22.9. The first-order chi connectivity index (χ1) is 15.4. The van der Waals surface area contributed by atoms with E-state index in [1.165, 1.54) is 14.0 Å². The molecule has 2 N–H and O–H groups in total. The molecular formula is C24H22N2O6. The van der Waals surface area contributed by atoms with Gasteiger partial charge in [0.1, 0.15) is 17.2 Å². The number of nitrogens with one attached hydrogen (secondary N) is 2. The van der Waals surface area contributed by atoms with Gasteiger partial charge in [-0.05, 0) is 54.6 Å². The lowest BCUT2D eigenvalue weighted by atomic mass is 10.2. The molecule has 0 fully saturated rings. The van der Waals surface area contributed by atoms with Gasteiger partial charge in [-0.15, -0.1) is 0 Å². The quantitative estimate of drug-likeness (QED) is 0.514. The normalized spacial score (nSPS) is 10.1. The Morgan fingerprint density at radius 3 is 2.19 bits per heavy atom. The number of carbonyl (C=O) groups is 3. The molecule has 0 radical (unpaired) electrons. The Bertz CT molecular complexity index is 1100. The Hall–Kier alpha value is -4.33. The molecule has 0 aliphatic carbocycles. The molecule has 2 amide bonds. The van der Waals surface area contributed by atoms with E-state index in [0.29, 0.717) is 28.6 Å². The predicted molar refractivity (Wildman–Crippen MR) is 119 cm³/mol. The van der Waals surface area contributed by atoms with E-state index in [-0.39, 0.29) is 11.5 Å². The fourth-order valence-corrected chi connectivity index (χ4v) is 2.77. The fraction of sp³-hybridized carbons (Fsp3) is 0.125. The number of carbonyl (C=O) groups excluding carboxylic acids is 3. The topological polar surface area (TPSA) is 103 Å². The van der Waals surface area contributed by atoms with Crippen LogP contribution in [0.2, 0.25) is 0 Å². The summed E-state index contributed by atoms with van der Waals surface area (Å²) in [4.78, 5) is 35.7. The van der Waals surface area contributed by atoms with Gasteiger partial charge in [0, 0.05) is 12.6 Å². The molecule has 0 aliphatic rings. The van der Waals surface area contributed by atoms with E-state index >= 15 is 0 Å². The van der Waals surface area contributed by atoms with Crippen molar-refractivity contribution in [3.05, 3.63) is 78.4 Å². The maximum absolute atomic E-state index is 12.3. The summed E-state index contributed by atoms with van der Waals surface area (Å²) in [5.74, 6) is 0.189. The number of hydrogen-bond acceptors (Lipinski definition) is 6. The zero-order valence-corrected chi connectivity index (χ0v) is 17.6. The van der Waals surface area contributed by atoms with Crippen LogP contribution in [-0.4, -0.2) is 31.5 Å². The first-order valence-electron chi connectivity index (χ1n) is 9.70. The minimum atomic E-state index is -0.648. The highest BCUT2D eigenvalue weighted by Crippen LogP contribution is 2.28. The van der Waals surface area contributed by atoms with E-state index < -0.39 is 18.5 Å². The van der Waals surface area contributed by atoms with Crippen molar-refractivity contribution < 1.29 is 28.6 Å². The van der Waals surface area contributed by atoms with Crippen LogP contribution in [0.3, 0.4) is 0 Å². The van der Waals surface area contributed by atoms with E-state index in [4.69, 9.17) is 14.2 Å². The van der Waals surface area contributed by atoms with E-state index in [0.717, 1.165) is 0 Å². The lowest BCUT2D eigenvalue weighted by molar-refractivity contribution is -0.119. The third kappa shape index (κ3) is 6.33. The van der Waals surface area contributed by atoms with Crippen LogP contribution >= 0.6 is 0 Å². The number of rotatable bonds is 8. The first kappa shape index (κ1) is 22.4. The van der Waals surface area contributed by atoms with Gasteiger partial charge in [-0.3, -0.25) is 9.59 Å². The van der Waals surface area contributed by atoms with Gasteiger partial charge in [-0.1, -0.05) is 18.2 Å². The van der Waals surface area contributed by atoms with Crippen LogP contribution in [0.4, 0.5) is 11.4 Å². The molecule has 3 aromatic rings. The maximum Gasteiger partial charge on any atom is 0.338 e. The molecule has 0 aliphatic heterocycles. The van der Waals surface area contributed by atoms with Gasteiger partial charge in [0.05, 0.1) is 18.4 Å². The van der Waals surface area contributed by atoms with Crippen LogP contribution in [0, 0.1) is 0 Å². The number of anilines is 2. The van der Waals surface area contributed by atoms with Crippen molar-refractivity contribution in [3.63, 3.8) is 0 Å². The van der Waals surface area contributed by atoms with Crippen LogP contribution in [0.5, 0.6) is 17.2 Å². The monoisotopic (exact) mass is 434 g/mol. The summed E-state index contributed by atoms with van der Waals surface area (Å²) in [6.07, 6.45) is 0. The average molecular weight is 434 g/mol. The molecule has 0 saturated carbocycles. The Morgan fingerprint density at radius 1 is 0.844 bits per heavy atom. The zero-order valence-electron chi connectivity index (χ0n) is 17.6. The van der Waals surface area contributed by atoms with Crippen molar-refractivity contribution in [1.29, 1.82) is 0 Å². The van der Waals surface area contributed by atoms with Gasteiger partial charge in [0.2, 0.25) is 5.91 Å². The number of esters is 1. The average Bonchev–Trinajstić information content (AvgIpc) is 2.78. The molecule has 0 spiro atoms. The predicted octanol–water partition coefficient (Wildman–Crippen LogP) is 4.24. The number of methoxy groups -OCH3 is 1. The number of benzene rings is 3. The van der Waals surface area contributed by atoms with Crippen molar-refractivity contribution in [2.75, 3.05) is 24.4 Å². The summed E-state index contributed by atoms with van der Waals surface area (Å²) in [5, 5.41) is 5.23. The molecule has 32 heavy (non-hydrogen) atoms. The standard InChI is InChI=1S/C24H22N2O6/c1-16(27)25-18-10-13-22(30-2)21(14-18)26-23(28)15-31-24(29)17-8-11-20(12-9-17)32-19-6-4-3-5-7-19/h3-14H,15H2,1-2H3,(H,25,27)(H,26,28). The minimum absolute atomic E-state index is 0.249. The summed E-state index contributed by atoms with van der Waals surface area (Å²) < 4.78 is 16.0. The van der Waals surface area contributed by atoms with Crippen LogP contribution in [-0.2, 0) is 14.3 Å². The van der Waals surface area contributed by atoms with Crippen molar-refractivity contribution in [1.82, 2.24) is 0 Å². The number of ether oxygens (including phenoxy) is 3. The molecule has 3 aromatic carbocycles. The molecule has 0 atom stereocenters. The molecule has 3 rings (SSSR count). The van der Waals surface area contributed by atoms with Crippen molar-refractivity contribution in [2.24, 2.45) is 0 Å². The van der Waals surface area contributed by atoms with Gasteiger partial charge in [0.25, 0.3) is 5.91 Å². The smallest absolute Gasteiger partial charge is 0.338 e. The number of hydrogen-bond donors (Lipinski definition) is 2. The largest absolute Gasteiger partial charge is 0.495 e. The number of amides is 2. The van der Waals surface area contributed by atoms with Crippen LogP contribution in [0.15, 0.2) is 72.8 Å². The molecule has 0 heterocycles. The van der Waals surface area contributed by atoms with Gasteiger partial charge in [0.15, 0.2) is 6.61 Å². The van der Waals surface area contributed by atoms with Crippen molar-refractivity contribution in [3.8, 4) is 17.2 Å². The second-order valence-corrected chi connectivity index (χ2v) is 6.66. The molecule has 8 heteroatoms. The minimum Gasteiger partial charge on any atom is -0.495 e. The molecular weight excluding hydrogens is 412 g/mol. The third-order valence-corrected chi connectivity index (χ3v) is 4.20. The van der Waals surface area contributed by atoms with E-state index in [9.17, 15) is 14.4 Å². The number of para-hydroxylation sites is 1. The molecule has 0 bridgehead atoms. The second-order valence-electron chi connectivity index (χ2n) is 6.66. The summed E-state index contributed by atoms with van der Waals surface area (Å²) in [6.45, 7) is 0.886. The Balaban J connectivity index is 1.55. The summed E-state index contributed by atoms with van der Waals surface area (Å²) in [6, 6.07) is 20.4. The highest BCUT2D eigenvalue weighted by molar-refractivity contribution is 5.97. The van der Waals surface area contributed by atoms with Gasteiger partial charge in [-0.25, -0.2) is 4.79 Å². The lowest BCUT2D eigenvalue weighted by Crippen LogP contribution is -2.21. The SMILES string of the molecule is COc1ccc(NC(C)=O)cc1NC(=O)COC(=O)c1ccc(Oc2ccccc2)cc1. The van der Waals surface area contributed by atoms with Crippen molar-refractivity contribution in [2.45, 2.75) is 6.92 Å². The van der Waals surface area contributed by atoms with E-state index in [2.05, 4.69) is 10.6 Å². The molecule has 0 aromatic heterocycles. The van der Waals surface area contributed by atoms with Gasteiger partial charge >= 0.3 is 5.97 Å². The Labute approximate surface area is 185 Å². The van der Waals surface area contributed by atoms with Crippen LogP contribution in [0.1, 0.15) is 17.3 Å². The van der Waals surface area contributed by atoms with Crippen LogP contribution in [0.25, 0.3) is 0 Å². The molecule has 8 nitrogen and oxygen atoms in total. The maximum atomic E-state index is 12.3. The first-order valence-corrected chi connectivity index (χ1v) is 9.70. The highest BCUT2D eigenvalue weighted by atomic mass is 16.5. The Kier molecular flexibility index (Phi) is 7.42. The summed E-state index contributed by atoms with van der Waals surface area (Å²) >= 11 is 0. The summed E-state index contributed by atoms with van der Waals surface area (Å²) in [7, 11) is 1.45. The molecule has 0 saturated heterocycles. The third-order valence-electron chi connectivity index (χ3n) is 4.20. The second kappa shape index (κ2) is 10.6. The Morgan fingerprint density at radius 2 is 1.53 bits per heavy atom. The molecule has 164 valence electrons. The van der Waals surface area contributed by atoms with Crippen molar-refractivity contribution >= 4 is 29.2 Å². The summed E-state index contributed by atoms with van der Waals surface area (Å²) in [5.41, 5.74) is 1.11. The highest BCUT2D eigenvalue weighted by Gasteiger charge is 2.13. The van der Waals surface area contributed by atoms with E-state index in [1.807, 2.05) is 30.3 Å². The van der Waals surface area contributed by atoms with Gasteiger partial charge in [-0.2, -0.15) is 0 Å². The van der Waals surface area contributed by atoms with Crippen LogP contribution < -0.4 is 20.1 Å². The fourth-order valence-electron chi connectivity index (χ4n) is 2.77. The molecule has 0 unspecified atom stereocenters. The van der Waals surface area contributed by atoms with Gasteiger partial charge < -0.3 is 24.8 Å². The lowest BCUT2D eigenvalue weighted by Gasteiger charge is -2.12.